The SMILES string of the molecule is CCOC(=O)C1=C(C)N=c2s/c(=C/c3ccc(OC)c(OCC)c3)c(=O)n2[C@H]1c1ccc(C)c([N+](=O)[O-])c1. The van der Waals surface area contributed by atoms with E-state index in [2.05, 4.69) is 4.99 Å². The fourth-order valence-corrected chi connectivity index (χ4v) is 5.35. The summed E-state index contributed by atoms with van der Waals surface area (Å²) in [5.41, 5.74) is 1.64. The highest BCUT2D eigenvalue weighted by Gasteiger charge is 2.34. The molecule has 0 fully saturated rings. The molecule has 0 unspecified atom stereocenters. The van der Waals surface area contributed by atoms with Gasteiger partial charge in [0.15, 0.2) is 16.3 Å². The highest BCUT2D eigenvalue weighted by molar-refractivity contribution is 7.07. The molecule has 1 atom stereocenters. The maximum Gasteiger partial charge on any atom is 0.338 e. The van der Waals surface area contributed by atoms with Gasteiger partial charge in [0.2, 0.25) is 0 Å². The number of ether oxygens (including phenoxy) is 3. The van der Waals surface area contributed by atoms with Crippen LogP contribution in [0.15, 0.2) is 57.5 Å². The molecule has 1 aliphatic heterocycles. The zero-order valence-corrected chi connectivity index (χ0v) is 22.5. The van der Waals surface area contributed by atoms with E-state index in [0.29, 0.717) is 49.8 Å². The standard InChI is InChI=1S/C27H27N3O7S/c1-6-36-21-12-17(9-11-20(21)35-5)13-22-25(31)29-24(18-10-8-15(3)19(14-18)30(33)34)23(26(32)37-7-2)16(4)28-27(29)38-22/h8-14,24H,6-7H2,1-5H3/b22-13+/t24-/m0/s1. The van der Waals surface area contributed by atoms with Crippen molar-refractivity contribution < 1.29 is 23.9 Å². The lowest BCUT2D eigenvalue weighted by Gasteiger charge is -2.24. The monoisotopic (exact) mass is 537 g/mol. The second-order valence-electron chi connectivity index (χ2n) is 8.45. The van der Waals surface area contributed by atoms with Crippen molar-refractivity contribution in [1.29, 1.82) is 0 Å². The number of nitro groups is 1. The average molecular weight is 538 g/mol. The highest BCUT2D eigenvalue weighted by Crippen LogP contribution is 2.33. The van der Waals surface area contributed by atoms with E-state index < -0.39 is 16.9 Å². The van der Waals surface area contributed by atoms with Crippen molar-refractivity contribution in [1.82, 2.24) is 4.57 Å². The number of aromatic nitrogens is 1. The summed E-state index contributed by atoms with van der Waals surface area (Å²) in [5, 5.41) is 11.7. The smallest absolute Gasteiger partial charge is 0.338 e. The van der Waals surface area contributed by atoms with Crippen molar-refractivity contribution >= 4 is 29.1 Å². The van der Waals surface area contributed by atoms with E-state index in [0.717, 1.165) is 11.3 Å². The number of hydrogen-bond donors (Lipinski definition) is 0. The molecule has 10 nitrogen and oxygen atoms in total. The number of methoxy groups -OCH3 is 1. The highest BCUT2D eigenvalue weighted by atomic mass is 32.1. The van der Waals surface area contributed by atoms with E-state index in [4.69, 9.17) is 14.2 Å². The number of allylic oxidation sites excluding steroid dienone is 1. The van der Waals surface area contributed by atoms with Crippen molar-refractivity contribution in [2.24, 2.45) is 4.99 Å². The Labute approximate surface area is 222 Å². The summed E-state index contributed by atoms with van der Waals surface area (Å²) in [7, 11) is 1.55. The maximum atomic E-state index is 13.8. The molecule has 11 heteroatoms. The zero-order valence-electron chi connectivity index (χ0n) is 21.6. The van der Waals surface area contributed by atoms with Crippen LogP contribution in [0.3, 0.4) is 0 Å². The van der Waals surface area contributed by atoms with Crippen LogP contribution in [-0.4, -0.2) is 35.8 Å². The summed E-state index contributed by atoms with van der Waals surface area (Å²) < 4.78 is 18.1. The van der Waals surface area contributed by atoms with Crippen molar-refractivity contribution in [3.05, 3.63) is 94.2 Å². The first kappa shape index (κ1) is 26.8. The first-order chi connectivity index (χ1) is 18.2. The third kappa shape index (κ3) is 4.97. The number of nitro benzene ring substituents is 1. The van der Waals surface area contributed by atoms with Crippen LogP contribution >= 0.6 is 11.3 Å². The van der Waals surface area contributed by atoms with E-state index in [9.17, 15) is 19.7 Å². The van der Waals surface area contributed by atoms with Crippen LogP contribution in [0, 0.1) is 17.0 Å². The molecular weight excluding hydrogens is 510 g/mol. The molecular formula is C27H27N3O7S. The molecule has 0 bridgehead atoms. The molecule has 0 aliphatic carbocycles. The number of hydrogen-bond acceptors (Lipinski definition) is 9. The van der Waals surface area contributed by atoms with Crippen molar-refractivity contribution in [3.63, 3.8) is 0 Å². The summed E-state index contributed by atoms with van der Waals surface area (Å²) in [4.78, 5) is 42.9. The maximum absolute atomic E-state index is 13.8. The fourth-order valence-electron chi connectivity index (χ4n) is 4.30. The van der Waals surface area contributed by atoms with Gasteiger partial charge in [0.1, 0.15) is 0 Å². The molecule has 38 heavy (non-hydrogen) atoms. The summed E-state index contributed by atoms with van der Waals surface area (Å²) in [6.45, 7) is 7.41. The van der Waals surface area contributed by atoms with Gasteiger partial charge in [-0.15, -0.1) is 0 Å². The lowest BCUT2D eigenvalue weighted by molar-refractivity contribution is -0.385. The number of aryl methyl sites for hydroxylation is 1. The Hall–Kier alpha value is -4.25. The number of rotatable bonds is 8. The quantitative estimate of drug-likeness (QED) is 0.245. The molecule has 4 rings (SSSR count). The Kier molecular flexibility index (Phi) is 7.77. The van der Waals surface area contributed by atoms with Crippen LogP contribution in [0.1, 0.15) is 43.5 Å². The van der Waals surface area contributed by atoms with Crippen LogP contribution in [0.4, 0.5) is 5.69 Å². The van der Waals surface area contributed by atoms with Crippen LogP contribution in [-0.2, 0) is 9.53 Å². The van der Waals surface area contributed by atoms with E-state index in [1.165, 1.54) is 10.6 Å². The number of thiazole rings is 1. The third-order valence-electron chi connectivity index (χ3n) is 6.05. The molecule has 1 aromatic heterocycles. The van der Waals surface area contributed by atoms with Crippen LogP contribution in [0.2, 0.25) is 0 Å². The molecule has 0 N–H and O–H groups in total. The molecule has 3 aromatic rings. The second-order valence-corrected chi connectivity index (χ2v) is 9.46. The van der Waals surface area contributed by atoms with E-state index >= 15 is 0 Å². The van der Waals surface area contributed by atoms with E-state index in [1.807, 2.05) is 6.92 Å². The zero-order chi connectivity index (χ0) is 27.6. The number of carbonyl (C=O) groups excluding carboxylic acids is 1. The molecule has 0 amide bonds. The van der Waals surface area contributed by atoms with Gasteiger partial charge in [-0.2, -0.15) is 0 Å². The molecule has 0 spiro atoms. The molecule has 1 aliphatic rings. The first-order valence-corrected chi connectivity index (χ1v) is 12.8. The van der Waals surface area contributed by atoms with Gasteiger partial charge in [0.25, 0.3) is 11.2 Å². The van der Waals surface area contributed by atoms with Gasteiger partial charge in [0.05, 0.1) is 47.1 Å². The van der Waals surface area contributed by atoms with Crippen molar-refractivity contribution in [2.45, 2.75) is 33.7 Å². The molecule has 0 radical (unpaired) electrons. The van der Waals surface area contributed by atoms with Gasteiger partial charge < -0.3 is 14.2 Å². The van der Waals surface area contributed by atoms with Gasteiger partial charge in [-0.1, -0.05) is 29.5 Å². The number of esters is 1. The largest absolute Gasteiger partial charge is 0.493 e. The Bertz CT molecular complexity index is 1630. The summed E-state index contributed by atoms with van der Waals surface area (Å²) in [6, 6.07) is 9.07. The topological polar surface area (TPSA) is 122 Å². The fraction of sp³-hybridized carbons (Fsp3) is 0.296. The Morgan fingerprint density at radius 3 is 2.58 bits per heavy atom. The van der Waals surface area contributed by atoms with Crippen molar-refractivity contribution in [2.75, 3.05) is 20.3 Å². The van der Waals surface area contributed by atoms with E-state index in [1.54, 1.807) is 64.3 Å². The van der Waals surface area contributed by atoms with Gasteiger partial charge in [-0.25, -0.2) is 9.79 Å². The van der Waals surface area contributed by atoms with Gasteiger partial charge in [-0.3, -0.25) is 19.5 Å². The van der Waals surface area contributed by atoms with Crippen LogP contribution in [0.25, 0.3) is 6.08 Å². The number of fused-ring (bicyclic) bond motifs is 1. The molecule has 2 heterocycles. The predicted molar refractivity (Wildman–Crippen MR) is 142 cm³/mol. The minimum absolute atomic E-state index is 0.107. The summed E-state index contributed by atoms with van der Waals surface area (Å²) in [6.07, 6.45) is 1.71. The summed E-state index contributed by atoms with van der Waals surface area (Å²) >= 11 is 1.16. The van der Waals surface area contributed by atoms with Gasteiger partial charge >= 0.3 is 5.97 Å². The van der Waals surface area contributed by atoms with Gasteiger partial charge in [-0.05, 0) is 57.0 Å². The molecule has 198 valence electrons. The Morgan fingerprint density at radius 2 is 1.92 bits per heavy atom. The summed E-state index contributed by atoms with van der Waals surface area (Å²) in [5.74, 6) is 0.482. The lowest BCUT2D eigenvalue weighted by atomic mass is 9.94. The predicted octanol–water partition coefficient (Wildman–Crippen LogP) is 3.42. The molecule has 0 saturated carbocycles. The minimum atomic E-state index is -0.943. The molecule has 0 saturated heterocycles. The van der Waals surface area contributed by atoms with Crippen LogP contribution < -0.4 is 24.4 Å². The number of nitrogens with zero attached hydrogens (tertiary/aromatic N) is 3. The van der Waals surface area contributed by atoms with E-state index in [-0.39, 0.29) is 23.4 Å². The molecule has 2 aromatic carbocycles. The lowest BCUT2D eigenvalue weighted by Crippen LogP contribution is -2.40. The second kappa shape index (κ2) is 11.0. The number of benzene rings is 2. The Morgan fingerprint density at radius 1 is 1.16 bits per heavy atom. The number of carbonyl (C=O) groups is 1. The van der Waals surface area contributed by atoms with Crippen molar-refractivity contribution in [3.8, 4) is 11.5 Å². The van der Waals surface area contributed by atoms with Gasteiger partial charge in [0, 0.05) is 11.6 Å². The Balaban J connectivity index is 1.95. The average Bonchev–Trinajstić information content (AvgIpc) is 3.18. The van der Waals surface area contributed by atoms with Crippen LogP contribution in [0.5, 0.6) is 11.5 Å². The normalized spacial score (nSPS) is 15.1. The minimum Gasteiger partial charge on any atom is -0.493 e. The first-order valence-electron chi connectivity index (χ1n) is 12.0. The third-order valence-corrected chi connectivity index (χ3v) is 7.03.